The molecular formula is C18H31IN4O2S. The molecule has 0 aromatic carbocycles. The monoisotopic (exact) mass is 494 g/mol. The zero-order valence-electron chi connectivity index (χ0n) is 15.8. The van der Waals surface area contributed by atoms with Crippen molar-refractivity contribution in [3.63, 3.8) is 0 Å². The Morgan fingerprint density at radius 3 is 2.81 bits per heavy atom. The van der Waals surface area contributed by atoms with E-state index in [1.54, 1.807) is 11.3 Å². The van der Waals surface area contributed by atoms with Gasteiger partial charge in [0.25, 0.3) is 0 Å². The van der Waals surface area contributed by atoms with Crippen LogP contribution < -0.4 is 5.32 Å². The predicted octanol–water partition coefficient (Wildman–Crippen LogP) is 3.20. The van der Waals surface area contributed by atoms with E-state index in [9.17, 15) is 0 Å². The van der Waals surface area contributed by atoms with Crippen molar-refractivity contribution in [3.8, 4) is 0 Å². The van der Waals surface area contributed by atoms with E-state index >= 15 is 0 Å². The molecule has 2 aliphatic rings. The molecule has 3 heterocycles. The Morgan fingerprint density at radius 1 is 1.38 bits per heavy atom. The van der Waals surface area contributed by atoms with Crippen LogP contribution >= 0.6 is 35.3 Å². The molecule has 3 rings (SSSR count). The van der Waals surface area contributed by atoms with Gasteiger partial charge >= 0.3 is 0 Å². The van der Waals surface area contributed by atoms with Gasteiger partial charge in [0.05, 0.1) is 25.4 Å². The van der Waals surface area contributed by atoms with Crippen molar-refractivity contribution >= 4 is 41.3 Å². The van der Waals surface area contributed by atoms with Gasteiger partial charge in [-0.25, -0.2) is 4.98 Å². The van der Waals surface area contributed by atoms with Crippen molar-refractivity contribution in [2.45, 2.75) is 57.8 Å². The second kappa shape index (κ2) is 11.4. The number of aromatic nitrogens is 1. The van der Waals surface area contributed by atoms with E-state index in [0.717, 1.165) is 63.1 Å². The Balaban J connectivity index is 0.00000243. The maximum Gasteiger partial charge on any atom is 0.193 e. The molecule has 1 aromatic rings. The number of rotatable bonds is 5. The second-order valence-electron chi connectivity index (χ2n) is 6.77. The molecule has 0 bridgehead atoms. The first-order valence-corrected chi connectivity index (χ1v) is 10.2. The third-order valence-electron chi connectivity index (χ3n) is 4.81. The molecule has 0 spiro atoms. The Bertz CT molecular complexity index is 555. The number of hydrogen-bond acceptors (Lipinski definition) is 5. The molecule has 0 saturated carbocycles. The zero-order chi connectivity index (χ0) is 17.5. The minimum Gasteiger partial charge on any atom is -0.376 e. The highest BCUT2D eigenvalue weighted by atomic mass is 127. The van der Waals surface area contributed by atoms with Gasteiger partial charge in [0.1, 0.15) is 5.01 Å². The number of thiazole rings is 1. The van der Waals surface area contributed by atoms with Crippen LogP contribution in [-0.4, -0.2) is 61.4 Å². The summed E-state index contributed by atoms with van der Waals surface area (Å²) in [6.45, 7) is 6.42. The number of nitrogens with zero attached hydrogens (tertiary/aromatic N) is 3. The summed E-state index contributed by atoms with van der Waals surface area (Å²) in [6, 6.07) is 0. The molecule has 8 heteroatoms. The van der Waals surface area contributed by atoms with Crippen LogP contribution in [0.2, 0.25) is 0 Å². The largest absolute Gasteiger partial charge is 0.376 e. The summed E-state index contributed by atoms with van der Waals surface area (Å²) >= 11 is 1.73. The number of aliphatic imine (C=N–C) groups is 1. The molecule has 6 nitrogen and oxygen atoms in total. The van der Waals surface area contributed by atoms with Crippen molar-refractivity contribution in [2.24, 2.45) is 4.99 Å². The Morgan fingerprint density at radius 2 is 2.19 bits per heavy atom. The van der Waals surface area contributed by atoms with Crippen molar-refractivity contribution in [1.82, 2.24) is 15.2 Å². The molecule has 26 heavy (non-hydrogen) atoms. The van der Waals surface area contributed by atoms with Gasteiger partial charge in [-0.2, -0.15) is 0 Å². The third-order valence-corrected chi connectivity index (χ3v) is 5.72. The second-order valence-corrected chi connectivity index (χ2v) is 8.09. The lowest BCUT2D eigenvalue weighted by molar-refractivity contribution is -0.0721. The SMILES string of the molecule is CN=C(NCc1ncc(C)s1)N1CCC(OCC2CCCCO2)CC1.I. The summed E-state index contributed by atoms with van der Waals surface area (Å²) in [5.74, 6) is 0.960. The van der Waals surface area contributed by atoms with Crippen LogP contribution in [0.25, 0.3) is 0 Å². The van der Waals surface area contributed by atoms with E-state index in [1.165, 1.54) is 17.7 Å². The molecule has 1 unspecified atom stereocenters. The van der Waals surface area contributed by atoms with Gasteiger partial charge in [-0.15, -0.1) is 35.3 Å². The molecular weight excluding hydrogens is 463 g/mol. The lowest BCUT2D eigenvalue weighted by Crippen LogP contribution is -2.47. The minimum atomic E-state index is 0. The molecule has 1 N–H and O–H groups in total. The quantitative estimate of drug-likeness (QED) is 0.387. The average Bonchev–Trinajstić information content (AvgIpc) is 3.07. The van der Waals surface area contributed by atoms with E-state index < -0.39 is 0 Å². The number of nitrogens with one attached hydrogen (secondary N) is 1. The third kappa shape index (κ3) is 6.61. The standard InChI is InChI=1S/C18H30N4O2S.HI/c1-14-11-20-17(25-14)12-21-18(19-2)22-8-6-15(7-9-22)24-13-16-5-3-4-10-23-16;/h11,15-16H,3-10,12-13H2,1-2H3,(H,19,21);1H. The molecule has 0 aliphatic carbocycles. The van der Waals surface area contributed by atoms with Crippen LogP contribution in [0.5, 0.6) is 0 Å². The van der Waals surface area contributed by atoms with Crippen LogP contribution in [0, 0.1) is 6.92 Å². The van der Waals surface area contributed by atoms with Crippen molar-refractivity contribution < 1.29 is 9.47 Å². The number of piperidine rings is 1. The highest BCUT2D eigenvalue weighted by Gasteiger charge is 2.23. The minimum absolute atomic E-state index is 0. The fraction of sp³-hybridized carbons (Fsp3) is 0.778. The zero-order valence-corrected chi connectivity index (χ0v) is 18.9. The van der Waals surface area contributed by atoms with Crippen molar-refractivity contribution in [1.29, 1.82) is 0 Å². The number of guanidine groups is 1. The van der Waals surface area contributed by atoms with Gasteiger partial charge in [0.2, 0.25) is 0 Å². The summed E-state index contributed by atoms with van der Waals surface area (Å²) < 4.78 is 11.8. The highest BCUT2D eigenvalue weighted by Crippen LogP contribution is 2.18. The topological polar surface area (TPSA) is 59.0 Å². The van der Waals surface area contributed by atoms with E-state index in [4.69, 9.17) is 9.47 Å². The van der Waals surface area contributed by atoms with E-state index in [1.807, 2.05) is 13.2 Å². The molecule has 1 atom stereocenters. The predicted molar refractivity (Wildman–Crippen MR) is 117 cm³/mol. The summed E-state index contributed by atoms with van der Waals surface area (Å²) in [4.78, 5) is 12.4. The Hall–Kier alpha value is -0.450. The maximum atomic E-state index is 6.10. The Kier molecular flexibility index (Phi) is 9.58. The summed E-state index contributed by atoms with van der Waals surface area (Å²) in [5.41, 5.74) is 0. The van der Waals surface area contributed by atoms with Gasteiger partial charge in [0, 0.05) is 37.8 Å². The maximum absolute atomic E-state index is 6.10. The number of ether oxygens (including phenoxy) is 2. The number of aryl methyl sites for hydroxylation is 1. The molecule has 0 radical (unpaired) electrons. The first kappa shape index (κ1) is 21.8. The van der Waals surface area contributed by atoms with Crippen LogP contribution in [0.1, 0.15) is 42.0 Å². The first-order valence-electron chi connectivity index (χ1n) is 9.34. The van der Waals surface area contributed by atoms with Gasteiger partial charge in [-0.1, -0.05) is 0 Å². The molecule has 2 aliphatic heterocycles. The molecule has 0 amide bonds. The van der Waals surface area contributed by atoms with E-state index in [2.05, 4.69) is 27.1 Å². The Labute approximate surface area is 177 Å². The van der Waals surface area contributed by atoms with Gasteiger partial charge in [0.15, 0.2) is 5.96 Å². The number of halogens is 1. The summed E-state index contributed by atoms with van der Waals surface area (Å²) in [6.07, 6.45) is 8.28. The van der Waals surface area contributed by atoms with Gasteiger partial charge < -0.3 is 19.7 Å². The highest BCUT2D eigenvalue weighted by molar-refractivity contribution is 14.0. The number of likely N-dealkylation sites (tertiary alicyclic amines) is 1. The van der Waals surface area contributed by atoms with Gasteiger partial charge in [-0.3, -0.25) is 4.99 Å². The van der Waals surface area contributed by atoms with Crippen LogP contribution in [0.15, 0.2) is 11.2 Å². The normalized spacial score (nSPS) is 22.2. The lowest BCUT2D eigenvalue weighted by atomic mass is 10.1. The summed E-state index contributed by atoms with van der Waals surface area (Å²) in [7, 11) is 1.85. The molecule has 2 fully saturated rings. The fourth-order valence-electron chi connectivity index (χ4n) is 3.39. The smallest absolute Gasteiger partial charge is 0.193 e. The van der Waals surface area contributed by atoms with Crippen molar-refractivity contribution in [2.75, 3.05) is 33.4 Å². The lowest BCUT2D eigenvalue weighted by Gasteiger charge is -2.35. The van der Waals surface area contributed by atoms with Crippen molar-refractivity contribution in [3.05, 3.63) is 16.1 Å². The van der Waals surface area contributed by atoms with Crippen LogP contribution in [0.4, 0.5) is 0 Å². The van der Waals surface area contributed by atoms with E-state index in [0.29, 0.717) is 12.2 Å². The van der Waals surface area contributed by atoms with Crippen LogP contribution in [0.3, 0.4) is 0 Å². The average molecular weight is 494 g/mol. The van der Waals surface area contributed by atoms with Crippen LogP contribution in [-0.2, 0) is 16.0 Å². The van der Waals surface area contributed by atoms with E-state index in [-0.39, 0.29) is 24.0 Å². The first-order chi connectivity index (χ1) is 12.2. The summed E-state index contributed by atoms with van der Waals surface area (Å²) in [5, 5.41) is 4.53. The molecule has 1 aromatic heterocycles. The number of hydrogen-bond donors (Lipinski definition) is 1. The molecule has 148 valence electrons. The fourth-order valence-corrected chi connectivity index (χ4v) is 4.11. The molecule has 2 saturated heterocycles. The van der Waals surface area contributed by atoms with Gasteiger partial charge in [-0.05, 0) is 39.0 Å².